The lowest BCUT2D eigenvalue weighted by molar-refractivity contribution is -0.173. The van der Waals surface area contributed by atoms with Gasteiger partial charge in [0.2, 0.25) is 5.91 Å². The van der Waals surface area contributed by atoms with Crippen LogP contribution in [0.15, 0.2) is 0 Å². The highest BCUT2D eigenvalue weighted by Gasteiger charge is 2.42. The summed E-state index contributed by atoms with van der Waals surface area (Å²) in [5.41, 5.74) is 0. The lowest BCUT2D eigenvalue weighted by Gasteiger charge is -2.43. The normalized spacial score (nSPS) is 23.6. The minimum atomic E-state index is -0.208. The molecule has 0 aromatic heterocycles. The monoisotopic (exact) mass is 276 g/mol. The van der Waals surface area contributed by atoms with Crippen LogP contribution in [0.5, 0.6) is 0 Å². The second-order valence-corrected chi connectivity index (χ2v) is 5.19. The number of hydrogen-bond acceptors (Lipinski definition) is 3. The Morgan fingerprint density at radius 2 is 1.44 bits per heavy atom. The second kappa shape index (κ2) is 8.40. The van der Waals surface area contributed by atoms with Gasteiger partial charge in [0.05, 0.1) is 11.2 Å². The van der Waals surface area contributed by atoms with Gasteiger partial charge in [0, 0.05) is 13.1 Å². The molecular weight excluding hydrogens is 248 g/mol. The van der Waals surface area contributed by atoms with Crippen molar-refractivity contribution < 1.29 is 9.59 Å². The number of amides is 2. The molecule has 0 spiro atoms. The molecule has 0 N–H and O–H groups in total. The second-order valence-electron chi connectivity index (χ2n) is 3.77. The minimum absolute atomic E-state index is 0. The summed E-state index contributed by atoms with van der Waals surface area (Å²) in [4.78, 5) is 24.3. The molecule has 0 bridgehead atoms. The Hall–Kier alpha value is -0.710. The summed E-state index contributed by atoms with van der Waals surface area (Å²) < 4.78 is 0. The molecule has 1 saturated heterocycles. The number of nitrogens with zero attached hydrogens (tertiary/aromatic N) is 2. The molecule has 4 nitrogen and oxygen atoms in total. The number of carbonyl (C=O) groups excluding carboxylic acids is 2. The molecule has 1 rings (SSSR count). The molecule has 18 heavy (non-hydrogen) atoms. The summed E-state index contributed by atoms with van der Waals surface area (Å²) in [6, 6.07) is 0. The Labute approximate surface area is 116 Å². The molecule has 108 valence electrons. The lowest BCUT2D eigenvalue weighted by Crippen LogP contribution is -2.61. The van der Waals surface area contributed by atoms with Crippen LogP contribution >= 0.6 is 11.8 Å². The van der Waals surface area contributed by atoms with Crippen molar-refractivity contribution >= 4 is 23.6 Å². The largest absolute Gasteiger partial charge is 0.273 e. The van der Waals surface area contributed by atoms with Crippen molar-refractivity contribution in [2.24, 2.45) is 5.92 Å². The van der Waals surface area contributed by atoms with E-state index < -0.39 is 0 Å². The van der Waals surface area contributed by atoms with Crippen molar-refractivity contribution in [1.82, 2.24) is 10.0 Å². The summed E-state index contributed by atoms with van der Waals surface area (Å²) in [6.07, 6.45) is 0. The Balaban J connectivity index is 0. The zero-order valence-corrected chi connectivity index (χ0v) is 11.2. The highest BCUT2D eigenvalue weighted by atomic mass is 32.2. The van der Waals surface area contributed by atoms with Gasteiger partial charge in [-0.1, -0.05) is 28.7 Å². The molecule has 1 fully saturated rings. The van der Waals surface area contributed by atoms with E-state index in [0.717, 1.165) is 5.75 Å². The molecular formula is C13H28N2O2S. The number of hydrazine groups is 1. The molecule has 2 amide bonds. The van der Waals surface area contributed by atoms with E-state index in [1.54, 1.807) is 21.8 Å². The summed E-state index contributed by atoms with van der Waals surface area (Å²) >= 11 is 1.57. The summed E-state index contributed by atoms with van der Waals surface area (Å²) in [5.74, 6) is 0.788. The lowest BCUT2D eigenvalue weighted by atomic mass is 10.0. The number of carbonyl (C=O) groups is 2. The summed E-state index contributed by atoms with van der Waals surface area (Å²) in [7, 11) is 0. The highest BCUT2D eigenvalue weighted by molar-refractivity contribution is 8.00. The molecule has 0 aromatic rings. The molecule has 1 aliphatic heterocycles. The van der Waals surface area contributed by atoms with E-state index in [-0.39, 0.29) is 37.8 Å². The van der Waals surface area contributed by atoms with Gasteiger partial charge in [-0.2, -0.15) is 0 Å². The molecule has 0 radical (unpaired) electrons. The third-order valence-electron chi connectivity index (χ3n) is 2.83. The van der Waals surface area contributed by atoms with Crippen LogP contribution in [0.1, 0.15) is 42.5 Å². The van der Waals surface area contributed by atoms with Crippen LogP contribution in [-0.4, -0.2) is 45.9 Å². The Bertz CT molecular complexity index is 280. The standard InChI is InChI=1S/C11H20N2O2S.2CH4/c1-5-12-10(14)8(4)9(16-7-3)11(15)13(12)6-2;;/h8-9H,5-7H2,1-4H3;2*1H4. The SMILES string of the molecule is C.C.CCSC1C(=O)N(CC)N(CC)C(=O)C1C. The van der Waals surface area contributed by atoms with Crippen molar-refractivity contribution in [3.05, 3.63) is 0 Å². The molecule has 1 heterocycles. The van der Waals surface area contributed by atoms with Crippen LogP contribution in [0.2, 0.25) is 0 Å². The van der Waals surface area contributed by atoms with E-state index in [1.165, 1.54) is 0 Å². The smallest absolute Gasteiger partial charge is 0.255 e. The van der Waals surface area contributed by atoms with Crippen LogP contribution in [-0.2, 0) is 9.59 Å². The molecule has 2 atom stereocenters. The molecule has 1 aliphatic rings. The molecule has 0 aromatic carbocycles. The topological polar surface area (TPSA) is 40.6 Å². The zero-order valence-electron chi connectivity index (χ0n) is 10.4. The van der Waals surface area contributed by atoms with Crippen LogP contribution in [0.3, 0.4) is 0 Å². The van der Waals surface area contributed by atoms with E-state index >= 15 is 0 Å². The maximum absolute atomic E-state index is 12.2. The fourth-order valence-corrected chi connectivity index (χ4v) is 3.04. The fraction of sp³-hybridized carbons (Fsp3) is 0.846. The predicted octanol–water partition coefficient (Wildman–Crippen LogP) is 2.64. The third kappa shape index (κ3) is 3.40. The van der Waals surface area contributed by atoms with E-state index in [0.29, 0.717) is 13.1 Å². The van der Waals surface area contributed by atoms with Crippen LogP contribution < -0.4 is 0 Å². The van der Waals surface area contributed by atoms with Crippen molar-refractivity contribution in [3.8, 4) is 0 Å². The first-order valence-corrected chi connectivity index (χ1v) is 6.87. The van der Waals surface area contributed by atoms with Gasteiger partial charge in [-0.15, -0.1) is 11.8 Å². The van der Waals surface area contributed by atoms with Crippen molar-refractivity contribution in [2.75, 3.05) is 18.8 Å². The minimum Gasteiger partial charge on any atom is -0.273 e. The Morgan fingerprint density at radius 3 is 1.83 bits per heavy atom. The average Bonchev–Trinajstić information content (AvgIpc) is 2.29. The van der Waals surface area contributed by atoms with Crippen LogP contribution in [0, 0.1) is 5.92 Å². The van der Waals surface area contributed by atoms with Crippen molar-refractivity contribution in [2.45, 2.75) is 47.8 Å². The third-order valence-corrected chi connectivity index (χ3v) is 4.13. The first-order chi connectivity index (χ1) is 7.58. The van der Waals surface area contributed by atoms with Crippen molar-refractivity contribution in [1.29, 1.82) is 0 Å². The van der Waals surface area contributed by atoms with Crippen LogP contribution in [0.25, 0.3) is 0 Å². The first-order valence-electron chi connectivity index (χ1n) is 5.82. The van der Waals surface area contributed by atoms with Gasteiger partial charge < -0.3 is 0 Å². The van der Waals surface area contributed by atoms with Gasteiger partial charge in [-0.05, 0) is 19.6 Å². The molecule has 5 heteroatoms. The molecule has 0 saturated carbocycles. The fourth-order valence-electron chi connectivity index (χ4n) is 2.01. The number of thioether (sulfide) groups is 1. The van der Waals surface area contributed by atoms with E-state index in [2.05, 4.69) is 0 Å². The predicted molar refractivity (Wildman–Crippen MR) is 79.3 cm³/mol. The van der Waals surface area contributed by atoms with Gasteiger partial charge in [0.15, 0.2) is 0 Å². The van der Waals surface area contributed by atoms with E-state index in [9.17, 15) is 9.59 Å². The zero-order chi connectivity index (χ0) is 12.3. The summed E-state index contributed by atoms with van der Waals surface area (Å²) in [6.45, 7) is 8.78. The molecule has 0 aliphatic carbocycles. The van der Waals surface area contributed by atoms with Gasteiger partial charge in [0.1, 0.15) is 0 Å². The summed E-state index contributed by atoms with van der Waals surface area (Å²) in [5, 5.41) is 2.94. The number of hydrogen-bond donors (Lipinski definition) is 0. The first kappa shape index (κ1) is 19.6. The average molecular weight is 276 g/mol. The quantitative estimate of drug-likeness (QED) is 0.792. The van der Waals surface area contributed by atoms with Gasteiger partial charge in [0.25, 0.3) is 5.91 Å². The van der Waals surface area contributed by atoms with Gasteiger partial charge in [-0.25, -0.2) is 0 Å². The Kier molecular flexibility index (Phi) is 9.16. The van der Waals surface area contributed by atoms with E-state index in [1.807, 2.05) is 27.7 Å². The maximum Gasteiger partial charge on any atom is 0.255 e. The van der Waals surface area contributed by atoms with E-state index in [4.69, 9.17) is 0 Å². The number of rotatable bonds is 4. The van der Waals surface area contributed by atoms with Crippen molar-refractivity contribution in [3.63, 3.8) is 0 Å². The Morgan fingerprint density at radius 1 is 1.00 bits per heavy atom. The maximum atomic E-state index is 12.2. The van der Waals surface area contributed by atoms with Gasteiger partial charge in [-0.3, -0.25) is 19.6 Å². The van der Waals surface area contributed by atoms with Crippen LogP contribution in [0.4, 0.5) is 0 Å². The highest BCUT2D eigenvalue weighted by Crippen LogP contribution is 2.28. The van der Waals surface area contributed by atoms with Gasteiger partial charge >= 0.3 is 0 Å². The molecule has 2 unspecified atom stereocenters.